The van der Waals surface area contributed by atoms with Crippen molar-refractivity contribution in [3.63, 3.8) is 0 Å². The topological polar surface area (TPSA) is 23.6 Å². The highest BCUT2D eigenvalue weighted by molar-refractivity contribution is 7.80. The van der Waals surface area contributed by atoms with Gasteiger partial charge in [0.1, 0.15) is 0 Å². The monoisotopic (exact) mass is 228 g/mol. The number of carbonyl (C=O) groups excluding carboxylic acids is 1. The molecule has 86 valence electrons. The number of hydrogen-bond donors (Lipinski definition) is 1. The number of nitrogens with zero attached hydrogens (tertiary/aromatic N) is 2. The summed E-state index contributed by atoms with van der Waals surface area (Å²) in [6.07, 6.45) is 4.30. The van der Waals surface area contributed by atoms with Crippen LogP contribution in [0.25, 0.3) is 0 Å². The lowest BCUT2D eigenvalue weighted by Crippen LogP contribution is -2.39. The average Bonchev–Trinajstić information content (AvgIpc) is 2.41. The van der Waals surface area contributed by atoms with E-state index in [9.17, 15) is 4.79 Å². The first kappa shape index (κ1) is 11.3. The SMILES string of the molecule is CN1C2CCC1CN(C(=O)CCS)CC2. The zero-order valence-electron chi connectivity index (χ0n) is 9.35. The first-order valence-electron chi connectivity index (χ1n) is 5.83. The van der Waals surface area contributed by atoms with Gasteiger partial charge in [-0.2, -0.15) is 12.6 Å². The van der Waals surface area contributed by atoms with E-state index in [4.69, 9.17) is 0 Å². The molecule has 0 radical (unpaired) electrons. The Labute approximate surface area is 97.2 Å². The molecule has 15 heavy (non-hydrogen) atoms. The van der Waals surface area contributed by atoms with Crippen LogP contribution < -0.4 is 0 Å². The molecule has 2 bridgehead atoms. The molecular formula is C11H20N2OS. The van der Waals surface area contributed by atoms with Crippen LogP contribution in [0.1, 0.15) is 25.7 Å². The minimum Gasteiger partial charge on any atom is -0.341 e. The number of carbonyl (C=O) groups is 1. The van der Waals surface area contributed by atoms with Crippen molar-refractivity contribution < 1.29 is 4.79 Å². The zero-order chi connectivity index (χ0) is 10.8. The molecular weight excluding hydrogens is 208 g/mol. The maximum absolute atomic E-state index is 11.8. The van der Waals surface area contributed by atoms with Crippen LogP contribution in [0.5, 0.6) is 0 Å². The van der Waals surface area contributed by atoms with E-state index in [0.29, 0.717) is 24.3 Å². The van der Waals surface area contributed by atoms with Gasteiger partial charge in [0.25, 0.3) is 0 Å². The maximum Gasteiger partial charge on any atom is 0.223 e. The average molecular weight is 228 g/mol. The second-order valence-corrected chi connectivity index (χ2v) is 5.10. The highest BCUT2D eigenvalue weighted by Crippen LogP contribution is 2.28. The Hall–Kier alpha value is -0.220. The van der Waals surface area contributed by atoms with E-state index in [1.807, 2.05) is 4.90 Å². The molecule has 2 saturated heterocycles. The predicted octanol–water partition coefficient (Wildman–Crippen LogP) is 1.00. The van der Waals surface area contributed by atoms with E-state index < -0.39 is 0 Å². The third kappa shape index (κ3) is 2.31. The molecule has 0 N–H and O–H groups in total. The highest BCUT2D eigenvalue weighted by Gasteiger charge is 2.35. The summed E-state index contributed by atoms with van der Waals surface area (Å²) in [7, 11) is 2.20. The minimum absolute atomic E-state index is 0.283. The molecule has 2 unspecified atom stereocenters. The van der Waals surface area contributed by atoms with Gasteiger partial charge in [0.2, 0.25) is 5.91 Å². The Morgan fingerprint density at radius 2 is 2.07 bits per heavy atom. The van der Waals surface area contributed by atoms with Crippen molar-refractivity contribution in [2.24, 2.45) is 0 Å². The summed E-state index contributed by atoms with van der Waals surface area (Å²) in [4.78, 5) is 16.3. The Balaban J connectivity index is 1.97. The number of rotatable bonds is 2. The quantitative estimate of drug-likeness (QED) is 0.713. The first-order valence-corrected chi connectivity index (χ1v) is 6.46. The van der Waals surface area contributed by atoms with E-state index in [1.165, 1.54) is 12.8 Å². The van der Waals surface area contributed by atoms with Crippen molar-refractivity contribution in [2.75, 3.05) is 25.9 Å². The third-order valence-electron chi connectivity index (χ3n) is 3.83. The van der Waals surface area contributed by atoms with Gasteiger partial charge in [0, 0.05) is 31.6 Å². The van der Waals surface area contributed by atoms with Gasteiger partial charge in [0.05, 0.1) is 0 Å². The van der Waals surface area contributed by atoms with Crippen LogP contribution in [0.3, 0.4) is 0 Å². The van der Waals surface area contributed by atoms with E-state index in [-0.39, 0.29) is 5.91 Å². The second kappa shape index (κ2) is 4.74. The number of fused-ring (bicyclic) bond motifs is 2. The lowest BCUT2D eigenvalue weighted by molar-refractivity contribution is -0.131. The van der Waals surface area contributed by atoms with Gasteiger partial charge in [-0.15, -0.1) is 0 Å². The molecule has 2 atom stereocenters. The minimum atomic E-state index is 0.283. The number of hydrogen-bond acceptors (Lipinski definition) is 3. The number of thiol groups is 1. The van der Waals surface area contributed by atoms with Crippen molar-refractivity contribution in [2.45, 2.75) is 37.8 Å². The largest absolute Gasteiger partial charge is 0.341 e. The molecule has 0 aliphatic carbocycles. The molecule has 0 saturated carbocycles. The molecule has 2 rings (SSSR count). The van der Waals surface area contributed by atoms with Crippen molar-refractivity contribution >= 4 is 18.5 Å². The van der Waals surface area contributed by atoms with E-state index in [1.54, 1.807) is 0 Å². The summed E-state index contributed by atoms with van der Waals surface area (Å²) in [6.45, 7) is 1.87. The molecule has 0 spiro atoms. The zero-order valence-corrected chi connectivity index (χ0v) is 10.2. The van der Waals surface area contributed by atoms with Gasteiger partial charge in [-0.3, -0.25) is 9.69 Å². The van der Waals surface area contributed by atoms with E-state index in [0.717, 1.165) is 19.5 Å². The lowest BCUT2D eigenvalue weighted by Gasteiger charge is -2.25. The molecule has 0 aromatic heterocycles. The summed E-state index contributed by atoms with van der Waals surface area (Å²) in [5.74, 6) is 0.949. The van der Waals surface area contributed by atoms with Crippen LogP contribution in [0.15, 0.2) is 0 Å². The summed E-state index contributed by atoms with van der Waals surface area (Å²) in [5.41, 5.74) is 0. The Morgan fingerprint density at radius 1 is 1.33 bits per heavy atom. The van der Waals surface area contributed by atoms with Crippen LogP contribution in [0, 0.1) is 0 Å². The molecule has 2 aliphatic rings. The van der Waals surface area contributed by atoms with Crippen LogP contribution in [-0.4, -0.2) is 53.7 Å². The standard InChI is InChI=1S/C11H20N2OS/c1-12-9-2-3-10(12)8-13(6-4-9)11(14)5-7-15/h9-10,15H,2-8H2,1H3. The normalized spacial score (nSPS) is 31.7. The summed E-state index contributed by atoms with van der Waals surface area (Å²) in [5, 5.41) is 0. The summed E-state index contributed by atoms with van der Waals surface area (Å²) < 4.78 is 0. The summed E-state index contributed by atoms with van der Waals surface area (Å²) in [6, 6.07) is 1.31. The third-order valence-corrected chi connectivity index (χ3v) is 4.05. The van der Waals surface area contributed by atoms with Gasteiger partial charge in [-0.25, -0.2) is 0 Å². The number of likely N-dealkylation sites (tertiary alicyclic amines) is 1. The second-order valence-electron chi connectivity index (χ2n) is 4.65. The molecule has 2 fully saturated rings. The van der Waals surface area contributed by atoms with Gasteiger partial charge in [-0.1, -0.05) is 0 Å². The smallest absolute Gasteiger partial charge is 0.223 e. The van der Waals surface area contributed by atoms with Gasteiger partial charge in [-0.05, 0) is 32.1 Å². The molecule has 3 nitrogen and oxygen atoms in total. The number of amides is 1. The summed E-state index contributed by atoms with van der Waals surface area (Å²) >= 11 is 4.12. The fraction of sp³-hybridized carbons (Fsp3) is 0.909. The Morgan fingerprint density at radius 3 is 2.80 bits per heavy atom. The molecule has 1 amide bonds. The van der Waals surface area contributed by atoms with Crippen LogP contribution in [0.2, 0.25) is 0 Å². The Bertz CT molecular complexity index is 247. The molecule has 4 heteroatoms. The van der Waals surface area contributed by atoms with Gasteiger partial charge >= 0.3 is 0 Å². The van der Waals surface area contributed by atoms with E-state index >= 15 is 0 Å². The number of likely N-dealkylation sites (N-methyl/N-ethyl adjacent to an activating group) is 1. The van der Waals surface area contributed by atoms with Crippen LogP contribution in [-0.2, 0) is 4.79 Å². The first-order chi connectivity index (χ1) is 7.22. The van der Waals surface area contributed by atoms with Crippen molar-refractivity contribution in [1.29, 1.82) is 0 Å². The Kier molecular flexibility index (Phi) is 3.57. The van der Waals surface area contributed by atoms with Crippen molar-refractivity contribution in [1.82, 2.24) is 9.80 Å². The van der Waals surface area contributed by atoms with Crippen molar-refractivity contribution in [3.8, 4) is 0 Å². The highest BCUT2D eigenvalue weighted by atomic mass is 32.1. The molecule has 2 heterocycles. The molecule has 2 aliphatic heterocycles. The lowest BCUT2D eigenvalue weighted by atomic mass is 10.1. The molecule has 0 aromatic rings. The maximum atomic E-state index is 11.8. The van der Waals surface area contributed by atoms with Gasteiger partial charge in [0.15, 0.2) is 0 Å². The van der Waals surface area contributed by atoms with Gasteiger partial charge < -0.3 is 4.90 Å². The predicted molar refractivity (Wildman–Crippen MR) is 64.2 cm³/mol. The van der Waals surface area contributed by atoms with Crippen LogP contribution >= 0.6 is 12.6 Å². The van der Waals surface area contributed by atoms with E-state index in [2.05, 4.69) is 24.6 Å². The van der Waals surface area contributed by atoms with Crippen molar-refractivity contribution in [3.05, 3.63) is 0 Å². The fourth-order valence-electron chi connectivity index (χ4n) is 2.79. The fourth-order valence-corrected chi connectivity index (χ4v) is 2.98. The van der Waals surface area contributed by atoms with Crippen LogP contribution in [0.4, 0.5) is 0 Å². The molecule has 0 aromatic carbocycles.